The topological polar surface area (TPSA) is 61.7 Å². The zero-order valence-electron chi connectivity index (χ0n) is 45.3. The Hall–Kier alpha value is -7.83. The van der Waals surface area contributed by atoms with Crippen LogP contribution in [0.4, 0.5) is 0 Å². The van der Waals surface area contributed by atoms with Gasteiger partial charge in [0.15, 0.2) is 5.82 Å². The van der Waals surface area contributed by atoms with Gasteiger partial charge in [-0.1, -0.05) is 151 Å². The van der Waals surface area contributed by atoms with Crippen LogP contribution in [0.3, 0.4) is 0 Å². The lowest BCUT2D eigenvalue weighted by Crippen LogP contribution is -2.10. The van der Waals surface area contributed by atoms with Gasteiger partial charge in [0.05, 0.1) is 44.0 Å². The fourth-order valence-corrected chi connectivity index (χ4v) is 7.58. The van der Waals surface area contributed by atoms with Crippen LogP contribution in [0, 0.1) is 0 Å². The summed E-state index contributed by atoms with van der Waals surface area (Å²) in [4.78, 5) is 14.5. The molecule has 6 heteroatoms. The molecule has 6 nitrogen and oxygen atoms in total. The standard InChI is InChI=1S/C51H31N5O/c1-6-22-43-37(15-1)38-16-2-7-23-44(38)55(43)50-52-49(53-51(54-50)56-45-24-8-3-17-39(45)40-18-4-9-25-46(40)56)35-14-11-13-34(31-35)32-27-29-33(30-28-32)36-20-12-21-42-41-19-5-10-26-47(41)57-48(36)42/h1-31H/i1D,2D,3D,4D,6D,7D,8D,9D,15D,16D,17D,18D,22D,23D,24D,25D. The summed E-state index contributed by atoms with van der Waals surface area (Å²) in [6.45, 7) is 0. The van der Waals surface area contributed by atoms with Crippen molar-refractivity contribution in [1.29, 1.82) is 0 Å². The Morgan fingerprint density at radius 3 is 1.49 bits per heavy atom. The van der Waals surface area contributed by atoms with E-state index in [0.29, 0.717) is 11.1 Å². The highest BCUT2D eigenvalue weighted by Crippen LogP contribution is 2.38. The molecule has 12 aromatic rings. The second-order valence-corrected chi connectivity index (χ2v) is 13.3. The molecule has 0 radical (unpaired) electrons. The third kappa shape index (κ3) is 4.87. The van der Waals surface area contributed by atoms with Crippen LogP contribution >= 0.6 is 0 Å². The average molecular weight is 746 g/mol. The first-order valence-corrected chi connectivity index (χ1v) is 17.8. The van der Waals surface area contributed by atoms with Gasteiger partial charge in [0.1, 0.15) is 11.2 Å². The molecule has 57 heavy (non-hydrogen) atoms. The Labute approximate surface area is 349 Å². The fourth-order valence-electron chi connectivity index (χ4n) is 7.58. The quantitative estimate of drug-likeness (QED) is 0.176. The molecular weight excluding hydrogens is 699 g/mol. The van der Waals surface area contributed by atoms with Gasteiger partial charge in [-0.3, -0.25) is 9.13 Å². The van der Waals surface area contributed by atoms with Gasteiger partial charge in [-0.2, -0.15) is 15.0 Å². The number of hydrogen-bond acceptors (Lipinski definition) is 4. The molecule has 266 valence electrons. The van der Waals surface area contributed by atoms with E-state index in [0.717, 1.165) is 47.8 Å². The molecule has 12 rings (SSSR count). The first-order chi connectivity index (χ1) is 34.9. The molecule has 0 aliphatic rings. The minimum absolute atomic E-state index is 0.150. The predicted molar refractivity (Wildman–Crippen MR) is 232 cm³/mol. The molecular formula is C51H31N5O. The molecule has 8 aromatic carbocycles. The van der Waals surface area contributed by atoms with E-state index >= 15 is 0 Å². The van der Waals surface area contributed by atoms with Gasteiger partial charge in [-0.15, -0.1) is 0 Å². The molecule has 0 aliphatic carbocycles. The normalized spacial score (nSPS) is 15.8. The van der Waals surface area contributed by atoms with Crippen LogP contribution in [0.15, 0.2) is 192 Å². The summed E-state index contributed by atoms with van der Waals surface area (Å²) in [6.07, 6.45) is 0. The number of para-hydroxylation sites is 6. The summed E-state index contributed by atoms with van der Waals surface area (Å²) in [5.41, 5.74) is 3.74. The maximum atomic E-state index is 9.19. The van der Waals surface area contributed by atoms with E-state index in [9.17, 15) is 5.48 Å². The van der Waals surface area contributed by atoms with Gasteiger partial charge in [0, 0.05) is 43.4 Å². The van der Waals surface area contributed by atoms with Crippen molar-refractivity contribution in [2.45, 2.75) is 0 Å². The first-order valence-electron chi connectivity index (χ1n) is 25.8. The maximum absolute atomic E-state index is 9.19. The molecule has 0 saturated carbocycles. The first kappa shape index (κ1) is 19.7. The van der Waals surface area contributed by atoms with Crippen molar-refractivity contribution in [3.8, 4) is 45.5 Å². The van der Waals surface area contributed by atoms with Crippen molar-refractivity contribution in [3.05, 3.63) is 188 Å². The van der Waals surface area contributed by atoms with E-state index in [1.807, 2.05) is 72.8 Å². The Balaban J connectivity index is 1.16. The van der Waals surface area contributed by atoms with Gasteiger partial charge in [0.2, 0.25) is 11.9 Å². The number of furan rings is 1. The van der Waals surface area contributed by atoms with Crippen molar-refractivity contribution in [3.63, 3.8) is 0 Å². The van der Waals surface area contributed by atoms with Gasteiger partial charge < -0.3 is 4.42 Å². The Morgan fingerprint density at radius 1 is 0.404 bits per heavy atom. The second-order valence-electron chi connectivity index (χ2n) is 13.3. The van der Waals surface area contributed by atoms with Crippen LogP contribution in [0.5, 0.6) is 0 Å². The molecule has 0 saturated heterocycles. The minimum atomic E-state index is -0.700. The Morgan fingerprint density at radius 2 is 0.895 bits per heavy atom. The van der Waals surface area contributed by atoms with Gasteiger partial charge in [-0.25, -0.2) is 0 Å². The van der Waals surface area contributed by atoms with Crippen LogP contribution in [0.1, 0.15) is 21.9 Å². The van der Waals surface area contributed by atoms with Crippen molar-refractivity contribution < 1.29 is 26.3 Å². The van der Waals surface area contributed by atoms with Crippen LogP contribution in [-0.2, 0) is 0 Å². The highest BCUT2D eigenvalue weighted by molar-refractivity contribution is 6.11. The van der Waals surface area contributed by atoms with E-state index in [1.54, 1.807) is 18.2 Å². The Kier molecular flexibility index (Phi) is 4.26. The van der Waals surface area contributed by atoms with E-state index in [-0.39, 0.29) is 49.4 Å². The van der Waals surface area contributed by atoms with Crippen molar-refractivity contribution in [2.24, 2.45) is 0 Å². The number of aromatic nitrogens is 5. The summed E-state index contributed by atoms with van der Waals surface area (Å²) < 4.78 is 150. The zero-order valence-corrected chi connectivity index (χ0v) is 29.3. The molecule has 4 heterocycles. The van der Waals surface area contributed by atoms with Gasteiger partial charge in [-0.05, 0) is 53.0 Å². The van der Waals surface area contributed by atoms with Gasteiger partial charge >= 0.3 is 0 Å². The summed E-state index contributed by atoms with van der Waals surface area (Å²) in [5.74, 6) is -1.09. The molecule has 0 aliphatic heterocycles. The molecule has 0 N–H and O–H groups in total. The highest BCUT2D eigenvalue weighted by atomic mass is 16.3. The molecule has 4 aromatic heterocycles. The third-order valence-electron chi connectivity index (χ3n) is 10.1. The number of nitrogens with zero attached hydrogens (tertiary/aromatic N) is 5. The summed E-state index contributed by atoms with van der Waals surface area (Å²) in [7, 11) is 0. The zero-order chi connectivity index (χ0) is 51.4. The average Bonchev–Trinajstić information content (AvgIpc) is 4.10. The number of hydrogen-bond donors (Lipinski definition) is 0. The van der Waals surface area contributed by atoms with E-state index < -0.39 is 109 Å². The minimum Gasteiger partial charge on any atom is -0.455 e. The van der Waals surface area contributed by atoms with Crippen LogP contribution in [0.25, 0.3) is 111 Å². The van der Waals surface area contributed by atoms with E-state index in [2.05, 4.69) is 0 Å². The van der Waals surface area contributed by atoms with E-state index in [1.165, 1.54) is 0 Å². The van der Waals surface area contributed by atoms with Crippen molar-refractivity contribution in [1.82, 2.24) is 24.1 Å². The molecule has 0 atom stereocenters. The predicted octanol–water partition coefficient (Wildman–Crippen LogP) is 13.0. The number of fused-ring (bicyclic) bond motifs is 9. The number of rotatable bonds is 5. The van der Waals surface area contributed by atoms with Crippen LogP contribution in [0.2, 0.25) is 0 Å². The molecule has 0 bridgehead atoms. The maximum Gasteiger partial charge on any atom is 0.240 e. The van der Waals surface area contributed by atoms with E-state index in [4.69, 9.17) is 35.8 Å². The lowest BCUT2D eigenvalue weighted by Gasteiger charge is -2.13. The summed E-state index contributed by atoms with van der Waals surface area (Å²) in [5, 5.41) is 0.912. The van der Waals surface area contributed by atoms with Crippen LogP contribution < -0.4 is 0 Å². The summed E-state index contributed by atoms with van der Waals surface area (Å²) in [6, 6.07) is 18.0. The lowest BCUT2D eigenvalue weighted by molar-refractivity contribution is 0.670. The highest BCUT2D eigenvalue weighted by Gasteiger charge is 2.20. The third-order valence-corrected chi connectivity index (χ3v) is 10.1. The molecule has 0 fully saturated rings. The van der Waals surface area contributed by atoms with Crippen molar-refractivity contribution in [2.75, 3.05) is 0 Å². The summed E-state index contributed by atoms with van der Waals surface area (Å²) >= 11 is 0. The molecule has 0 unspecified atom stereocenters. The second kappa shape index (κ2) is 12.3. The monoisotopic (exact) mass is 745 g/mol. The lowest BCUT2D eigenvalue weighted by atomic mass is 9.98. The fraction of sp³-hybridized carbons (Fsp3) is 0. The molecule has 0 amide bonds. The Bertz CT molecular complexity index is 4140. The molecule has 0 spiro atoms. The smallest absolute Gasteiger partial charge is 0.240 e. The largest absolute Gasteiger partial charge is 0.455 e. The number of benzene rings is 8. The van der Waals surface area contributed by atoms with Crippen molar-refractivity contribution >= 4 is 65.6 Å². The van der Waals surface area contributed by atoms with Gasteiger partial charge in [0.25, 0.3) is 0 Å². The SMILES string of the molecule is [2H]c1c([2H])c([2H])c2c(c1[2H])c1c([2H])c([2H])c([2H])c([2H])c1n2-c1nc(-c2cccc(-c3ccc(-c4cccc5c4oc4ccccc45)cc3)c2)nc(-n2c3c([2H])c([2H])c([2H])c([2H])c3c3c([2H])c([2H])c([2H])c([2H])c32)n1. The van der Waals surface area contributed by atoms with Crippen LogP contribution in [-0.4, -0.2) is 24.1 Å².